The number of amides is 2. The zero-order chi connectivity index (χ0) is 24.0. The van der Waals surface area contributed by atoms with Crippen molar-refractivity contribution in [1.29, 1.82) is 0 Å². The van der Waals surface area contributed by atoms with Crippen LogP contribution in [0, 0.1) is 5.92 Å². The number of benzene rings is 3. The zero-order valence-electron chi connectivity index (χ0n) is 18.1. The molecule has 8 heteroatoms. The molecule has 1 unspecified atom stereocenters. The number of hydrogen-bond acceptors (Lipinski definition) is 3. The van der Waals surface area contributed by atoms with Gasteiger partial charge in [-0.1, -0.05) is 50.2 Å². The van der Waals surface area contributed by atoms with E-state index >= 15 is 0 Å². The minimum atomic E-state index is -4.51. The van der Waals surface area contributed by atoms with Crippen LogP contribution < -0.4 is 16.0 Å². The van der Waals surface area contributed by atoms with Gasteiger partial charge in [-0.3, -0.25) is 9.59 Å². The first-order valence-corrected chi connectivity index (χ1v) is 10.3. The molecule has 0 spiro atoms. The van der Waals surface area contributed by atoms with E-state index in [1.807, 2.05) is 0 Å². The Morgan fingerprint density at radius 3 is 1.94 bits per heavy atom. The fourth-order valence-electron chi connectivity index (χ4n) is 3.04. The van der Waals surface area contributed by atoms with Gasteiger partial charge >= 0.3 is 6.18 Å². The Balaban J connectivity index is 1.80. The normalized spacial score (nSPS) is 12.2. The molecule has 0 aliphatic rings. The lowest BCUT2D eigenvalue weighted by Gasteiger charge is -2.21. The van der Waals surface area contributed by atoms with Crippen molar-refractivity contribution in [2.75, 3.05) is 16.0 Å². The number of halogens is 3. The molecule has 3 aromatic rings. The summed E-state index contributed by atoms with van der Waals surface area (Å²) in [6, 6.07) is 19.3. The van der Waals surface area contributed by atoms with Crippen LogP contribution in [0.5, 0.6) is 0 Å². The summed E-state index contributed by atoms with van der Waals surface area (Å²) in [4.78, 5) is 24.9. The van der Waals surface area contributed by atoms with Crippen LogP contribution in [0.1, 0.15) is 31.0 Å². The van der Waals surface area contributed by atoms with Gasteiger partial charge in [0, 0.05) is 23.0 Å². The number of nitrogens with one attached hydrogen (secondary N) is 3. The summed E-state index contributed by atoms with van der Waals surface area (Å²) in [5.41, 5.74) is 1.06. The van der Waals surface area contributed by atoms with Gasteiger partial charge in [0.15, 0.2) is 0 Å². The minimum absolute atomic E-state index is 0.0456. The zero-order valence-corrected chi connectivity index (χ0v) is 18.1. The molecule has 3 N–H and O–H groups in total. The van der Waals surface area contributed by atoms with E-state index in [0.29, 0.717) is 16.9 Å². The number of alkyl halides is 3. The molecule has 3 rings (SSSR count). The van der Waals surface area contributed by atoms with E-state index in [0.717, 1.165) is 12.1 Å². The highest BCUT2D eigenvalue weighted by Gasteiger charge is 2.31. The van der Waals surface area contributed by atoms with Crippen molar-refractivity contribution in [1.82, 2.24) is 0 Å². The predicted octanol–water partition coefficient (Wildman–Crippen LogP) is 6.09. The second-order valence-corrected chi connectivity index (χ2v) is 7.78. The van der Waals surface area contributed by atoms with E-state index in [1.54, 1.807) is 68.4 Å². The molecule has 33 heavy (non-hydrogen) atoms. The maximum Gasteiger partial charge on any atom is 0.416 e. The van der Waals surface area contributed by atoms with E-state index < -0.39 is 23.7 Å². The van der Waals surface area contributed by atoms with Gasteiger partial charge in [0.2, 0.25) is 5.91 Å². The fraction of sp³-hybridized carbons (Fsp3) is 0.200. The first-order chi connectivity index (χ1) is 15.6. The molecule has 5 nitrogen and oxygen atoms in total. The SMILES string of the molecule is CC(C)C(=O)Nc1ccc(NC(C(=O)Nc2cccc(C(F)(F)F)c2)c2ccccc2)cc1. The molecule has 1 atom stereocenters. The van der Waals surface area contributed by atoms with E-state index in [-0.39, 0.29) is 17.5 Å². The quantitative estimate of drug-likeness (QED) is 0.404. The van der Waals surface area contributed by atoms with Crippen LogP contribution >= 0.6 is 0 Å². The Labute approximate surface area is 190 Å². The molecule has 0 radical (unpaired) electrons. The first-order valence-electron chi connectivity index (χ1n) is 10.3. The molecule has 0 fully saturated rings. The van der Waals surface area contributed by atoms with Gasteiger partial charge < -0.3 is 16.0 Å². The molecule has 0 aromatic heterocycles. The van der Waals surface area contributed by atoms with Crippen molar-refractivity contribution in [3.05, 3.63) is 90.0 Å². The number of carbonyl (C=O) groups excluding carboxylic acids is 2. The number of carbonyl (C=O) groups is 2. The van der Waals surface area contributed by atoms with Crippen LogP contribution in [-0.2, 0) is 15.8 Å². The van der Waals surface area contributed by atoms with Crippen LogP contribution in [0.2, 0.25) is 0 Å². The van der Waals surface area contributed by atoms with Crippen LogP contribution in [0.4, 0.5) is 30.2 Å². The third kappa shape index (κ3) is 6.58. The average Bonchev–Trinajstić information content (AvgIpc) is 2.78. The second-order valence-electron chi connectivity index (χ2n) is 7.78. The second kappa shape index (κ2) is 10.2. The fourth-order valence-corrected chi connectivity index (χ4v) is 3.04. The Morgan fingerprint density at radius 1 is 0.727 bits per heavy atom. The lowest BCUT2D eigenvalue weighted by atomic mass is 10.1. The average molecular weight is 455 g/mol. The topological polar surface area (TPSA) is 70.2 Å². The molecule has 0 saturated heterocycles. The highest BCUT2D eigenvalue weighted by Crippen LogP contribution is 2.31. The molecular weight excluding hydrogens is 431 g/mol. The van der Waals surface area contributed by atoms with Gasteiger partial charge in [0.25, 0.3) is 5.91 Å². The van der Waals surface area contributed by atoms with Crippen LogP contribution in [0.15, 0.2) is 78.9 Å². The van der Waals surface area contributed by atoms with E-state index in [9.17, 15) is 22.8 Å². The van der Waals surface area contributed by atoms with E-state index in [1.165, 1.54) is 12.1 Å². The molecule has 0 aliphatic heterocycles. The predicted molar refractivity (Wildman–Crippen MR) is 123 cm³/mol. The summed E-state index contributed by atoms with van der Waals surface area (Å²) in [7, 11) is 0. The maximum atomic E-state index is 13.1. The molecule has 3 aromatic carbocycles. The van der Waals surface area contributed by atoms with Crippen molar-refractivity contribution < 1.29 is 22.8 Å². The molecule has 0 aliphatic carbocycles. The van der Waals surface area contributed by atoms with Gasteiger partial charge in [-0.2, -0.15) is 13.2 Å². The number of anilines is 3. The molecule has 0 bridgehead atoms. The summed E-state index contributed by atoms with van der Waals surface area (Å²) in [6.45, 7) is 3.58. The summed E-state index contributed by atoms with van der Waals surface area (Å²) < 4.78 is 39.1. The van der Waals surface area contributed by atoms with Crippen molar-refractivity contribution in [3.8, 4) is 0 Å². The molecule has 172 valence electrons. The van der Waals surface area contributed by atoms with Crippen molar-refractivity contribution in [2.45, 2.75) is 26.1 Å². The van der Waals surface area contributed by atoms with Gasteiger partial charge in [-0.15, -0.1) is 0 Å². The Bertz CT molecular complexity index is 1100. The third-order valence-electron chi connectivity index (χ3n) is 4.84. The Kier molecular flexibility index (Phi) is 7.37. The molecule has 0 saturated carbocycles. The van der Waals surface area contributed by atoms with Crippen LogP contribution in [-0.4, -0.2) is 11.8 Å². The third-order valence-corrected chi connectivity index (χ3v) is 4.84. The van der Waals surface area contributed by atoms with E-state index in [4.69, 9.17) is 0 Å². The van der Waals surface area contributed by atoms with Crippen LogP contribution in [0.3, 0.4) is 0 Å². The highest BCUT2D eigenvalue weighted by molar-refractivity contribution is 5.97. The Morgan fingerprint density at radius 2 is 1.33 bits per heavy atom. The molecule has 0 heterocycles. The van der Waals surface area contributed by atoms with Crippen molar-refractivity contribution in [3.63, 3.8) is 0 Å². The summed E-state index contributed by atoms with van der Waals surface area (Å²) >= 11 is 0. The van der Waals surface area contributed by atoms with Gasteiger partial charge in [-0.25, -0.2) is 0 Å². The standard InChI is InChI=1S/C25H24F3N3O2/c1-16(2)23(32)30-20-13-11-19(12-14-20)29-22(17-7-4-3-5-8-17)24(33)31-21-10-6-9-18(15-21)25(26,27)28/h3-16,22,29H,1-2H3,(H,30,32)(H,31,33). The van der Waals surface area contributed by atoms with Gasteiger partial charge in [0.1, 0.15) is 6.04 Å². The number of hydrogen-bond donors (Lipinski definition) is 3. The lowest BCUT2D eigenvalue weighted by molar-refractivity contribution is -0.137. The smallest absolute Gasteiger partial charge is 0.370 e. The molecule has 2 amide bonds. The largest absolute Gasteiger partial charge is 0.416 e. The highest BCUT2D eigenvalue weighted by atomic mass is 19.4. The Hall–Kier alpha value is -3.81. The van der Waals surface area contributed by atoms with Gasteiger partial charge in [-0.05, 0) is 48.0 Å². The van der Waals surface area contributed by atoms with Crippen molar-refractivity contribution >= 4 is 28.9 Å². The van der Waals surface area contributed by atoms with Crippen LogP contribution in [0.25, 0.3) is 0 Å². The summed E-state index contributed by atoms with van der Waals surface area (Å²) in [5.74, 6) is -0.791. The van der Waals surface area contributed by atoms with Gasteiger partial charge in [0.05, 0.1) is 5.56 Å². The molecular formula is C25H24F3N3O2. The summed E-state index contributed by atoms with van der Waals surface area (Å²) in [5, 5.41) is 8.47. The summed E-state index contributed by atoms with van der Waals surface area (Å²) in [6.07, 6.45) is -4.51. The minimum Gasteiger partial charge on any atom is -0.370 e. The first kappa shape index (κ1) is 23.8. The number of rotatable bonds is 7. The van der Waals surface area contributed by atoms with Crippen molar-refractivity contribution in [2.24, 2.45) is 5.92 Å². The lowest BCUT2D eigenvalue weighted by Crippen LogP contribution is -2.27. The maximum absolute atomic E-state index is 13.1. The van der Waals surface area contributed by atoms with E-state index in [2.05, 4.69) is 16.0 Å². The monoisotopic (exact) mass is 455 g/mol.